The van der Waals surface area contributed by atoms with Crippen LogP contribution in [0.15, 0.2) is 51.2 Å². The number of aliphatic hydroxyl groups excluding tert-OH is 1. The van der Waals surface area contributed by atoms with Crippen LogP contribution < -0.4 is 10.4 Å². The van der Waals surface area contributed by atoms with Crippen LogP contribution in [0.25, 0.3) is 11.0 Å². The normalized spacial score (nSPS) is 27.3. The average Bonchev–Trinajstić information content (AvgIpc) is 3.11. The first kappa shape index (κ1) is 16.8. The van der Waals surface area contributed by atoms with Crippen molar-refractivity contribution in [2.24, 2.45) is 0 Å². The molecule has 4 rings (SSSR count). The quantitative estimate of drug-likeness (QED) is 0.475. The smallest absolute Gasteiger partial charge is 0.336 e. The molecule has 1 aromatic carbocycles. The molecule has 1 aromatic heterocycles. The highest BCUT2D eigenvalue weighted by Gasteiger charge is 2.54. The van der Waals surface area contributed by atoms with Crippen LogP contribution in [0, 0.1) is 0 Å². The minimum atomic E-state index is -0.479. The number of cyclic esters (lactones) is 1. The van der Waals surface area contributed by atoms with Crippen LogP contribution >= 0.6 is 0 Å². The molecule has 0 saturated carbocycles. The van der Waals surface area contributed by atoms with Gasteiger partial charge in [-0.25, -0.2) is 9.59 Å². The van der Waals surface area contributed by atoms with E-state index < -0.39 is 23.3 Å². The minimum absolute atomic E-state index is 0.133. The Hall–Kier alpha value is -2.64. The minimum Gasteiger partial charge on any atom is -0.491 e. The van der Waals surface area contributed by atoms with Crippen LogP contribution in [0.5, 0.6) is 5.75 Å². The molecule has 3 atom stereocenters. The Kier molecular flexibility index (Phi) is 4.05. The molecule has 136 valence electrons. The van der Waals surface area contributed by atoms with Gasteiger partial charge in [-0.3, -0.25) is 0 Å². The third-order valence-corrected chi connectivity index (χ3v) is 4.72. The van der Waals surface area contributed by atoms with Gasteiger partial charge in [-0.15, -0.1) is 0 Å². The van der Waals surface area contributed by atoms with E-state index in [9.17, 15) is 9.59 Å². The predicted octanol–water partition coefficient (Wildman–Crippen LogP) is 1.56. The molecular weight excluding hydrogens is 340 g/mol. The van der Waals surface area contributed by atoms with E-state index in [1.54, 1.807) is 24.3 Å². The van der Waals surface area contributed by atoms with Gasteiger partial charge in [0.25, 0.3) is 0 Å². The maximum atomic E-state index is 11.5. The number of aliphatic hydroxyl groups is 1. The van der Waals surface area contributed by atoms with E-state index in [1.807, 2.05) is 13.0 Å². The molecule has 26 heavy (non-hydrogen) atoms. The molecule has 2 aromatic rings. The van der Waals surface area contributed by atoms with Crippen LogP contribution in [-0.4, -0.2) is 42.1 Å². The Morgan fingerprint density at radius 3 is 2.81 bits per heavy atom. The van der Waals surface area contributed by atoms with Crippen molar-refractivity contribution in [1.82, 2.24) is 0 Å². The summed E-state index contributed by atoms with van der Waals surface area (Å²) in [5.41, 5.74) is -0.108. The molecule has 3 heterocycles. The zero-order chi connectivity index (χ0) is 18.3. The summed E-state index contributed by atoms with van der Waals surface area (Å²) in [6, 6.07) is 8.37. The Labute approximate surface area is 148 Å². The number of ether oxygens (including phenoxy) is 3. The summed E-state index contributed by atoms with van der Waals surface area (Å²) in [6.07, 6.45) is 1.61. The Morgan fingerprint density at radius 2 is 2.04 bits per heavy atom. The number of rotatable bonds is 6. The van der Waals surface area contributed by atoms with Gasteiger partial charge < -0.3 is 23.7 Å². The molecule has 7 heteroatoms. The van der Waals surface area contributed by atoms with Crippen molar-refractivity contribution in [3.8, 4) is 5.75 Å². The lowest BCUT2D eigenvalue weighted by atomic mass is 9.99. The number of esters is 1. The number of carbonyl (C=O) groups excluding carboxylic acids is 1. The number of fused-ring (bicyclic) bond motifs is 1. The molecule has 0 aliphatic carbocycles. The second kappa shape index (κ2) is 6.26. The van der Waals surface area contributed by atoms with Crippen LogP contribution in [0.2, 0.25) is 0 Å². The second-order valence-electron chi connectivity index (χ2n) is 6.68. The number of hydrogen-bond acceptors (Lipinski definition) is 7. The van der Waals surface area contributed by atoms with E-state index >= 15 is 0 Å². The van der Waals surface area contributed by atoms with E-state index in [4.69, 9.17) is 23.7 Å². The molecule has 0 spiro atoms. The summed E-state index contributed by atoms with van der Waals surface area (Å²) in [5, 5.41) is 9.89. The molecule has 0 bridgehead atoms. The fraction of sp³-hybridized carbons (Fsp3) is 0.368. The van der Waals surface area contributed by atoms with Gasteiger partial charge in [0, 0.05) is 23.9 Å². The molecule has 1 fully saturated rings. The first-order valence-corrected chi connectivity index (χ1v) is 8.34. The molecule has 7 nitrogen and oxygen atoms in total. The Morgan fingerprint density at radius 1 is 1.23 bits per heavy atom. The molecule has 1 saturated heterocycles. The molecular formula is C19H18O7. The zero-order valence-electron chi connectivity index (χ0n) is 14.1. The summed E-state index contributed by atoms with van der Waals surface area (Å²) in [4.78, 5) is 22.8. The van der Waals surface area contributed by atoms with Gasteiger partial charge in [0.1, 0.15) is 30.1 Å². The van der Waals surface area contributed by atoms with Gasteiger partial charge in [0.05, 0.1) is 17.8 Å². The molecule has 0 radical (unpaired) electrons. The van der Waals surface area contributed by atoms with Gasteiger partial charge >= 0.3 is 11.6 Å². The van der Waals surface area contributed by atoms with Crippen LogP contribution in [0.3, 0.4) is 0 Å². The van der Waals surface area contributed by atoms with Gasteiger partial charge in [0.2, 0.25) is 0 Å². The Balaban J connectivity index is 1.35. The van der Waals surface area contributed by atoms with Gasteiger partial charge in [-0.05, 0) is 31.2 Å². The lowest BCUT2D eigenvalue weighted by Gasteiger charge is -2.12. The SMILES string of the molecule is CC1(C[C@@H]2C=C(CO)C(=O)O2)OC1COc1ccc2ccc(=O)oc2c1. The highest BCUT2D eigenvalue weighted by Crippen LogP contribution is 2.42. The van der Waals surface area contributed by atoms with Gasteiger partial charge in [-0.1, -0.05) is 0 Å². The number of hydrogen-bond donors (Lipinski definition) is 1. The highest BCUT2D eigenvalue weighted by atomic mass is 16.6. The van der Waals surface area contributed by atoms with E-state index in [2.05, 4.69) is 0 Å². The standard InChI is InChI=1S/C19H18O7/c1-19(8-14-6-12(9-20)18(22)24-14)16(26-19)10-23-13-4-2-11-3-5-17(21)25-15(11)7-13/h2-7,14,16,20H,8-10H2,1H3/t14-,16?,19?/m0/s1. The van der Waals surface area contributed by atoms with Crippen LogP contribution in [0.4, 0.5) is 0 Å². The second-order valence-corrected chi connectivity index (χ2v) is 6.68. The van der Waals surface area contributed by atoms with E-state index in [0.29, 0.717) is 24.4 Å². The molecule has 0 amide bonds. The van der Waals surface area contributed by atoms with E-state index in [-0.39, 0.29) is 18.3 Å². The van der Waals surface area contributed by atoms with Gasteiger partial charge in [-0.2, -0.15) is 0 Å². The average molecular weight is 358 g/mol. The molecule has 1 N–H and O–H groups in total. The molecule has 2 unspecified atom stereocenters. The van der Waals surface area contributed by atoms with Crippen molar-refractivity contribution in [2.75, 3.05) is 13.2 Å². The number of carbonyl (C=O) groups is 1. The summed E-state index contributed by atoms with van der Waals surface area (Å²) in [7, 11) is 0. The largest absolute Gasteiger partial charge is 0.491 e. The lowest BCUT2D eigenvalue weighted by Crippen LogP contribution is -2.22. The van der Waals surface area contributed by atoms with E-state index in [1.165, 1.54) is 6.07 Å². The fourth-order valence-corrected chi connectivity index (χ4v) is 3.14. The van der Waals surface area contributed by atoms with Crippen molar-refractivity contribution in [2.45, 2.75) is 31.2 Å². The predicted molar refractivity (Wildman–Crippen MR) is 90.9 cm³/mol. The summed E-state index contributed by atoms with van der Waals surface area (Å²) >= 11 is 0. The highest BCUT2D eigenvalue weighted by molar-refractivity contribution is 5.91. The Bertz CT molecular complexity index is 944. The fourth-order valence-electron chi connectivity index (χ4n) is 3.14. The summed E-state index contributed by atoms with van der Waals surface area (Å²) in [6.45, 7) is 1.94. The lowest BCUT2D eigenvalue weighted by molar-refractivity contribution is -0.140. The van der Waals surface area contributed by atoms with Crippen molar-refractivity contribution < 1.29 is 28.5 Å². The van der Waals surface area contributed by atoms with Gasteiger partial charge in [0.15, 0.2) is 0 Å². The number of benzene rings is 1. The topological polar surface area (TPSA) is 98.5 Å². The van der Waals surface area contributed by atoms with Crippen molar-refractivity contribution in [1.29, 1.82) is 0 Å². The zero-order valence-corrected chi connectivity index (χ0v) is 14.1. The van der Waals surface area contributed by atoms with Crippen molar-refractivity contribution >= 4 is 16.9 Å². The van der Waals surface area contributed by atoms with Crippen molar-refractivity contribution in [3.63, 3.8) is 0 Å². The molecule has 2 aliphatic heterocycles. The maximum Gasteiger partial charge on any atom is 0.336 e. The summed E-state index contributed by atoms with van der Waals surface area (Å²) in [5.74, 6) is 0.103. The van der Waals surface area contributed by atoms with Crippen LogP contribution in [0.1, 0.15) is 13.3 Å². The van der Waals surface area contributed by atoms with Crippen LogP contribution in [-0.2, 0) is 14.3 Å². The van der Waals surface area contributed by atoms with Crippen molar-refractivity contribution in [3.05, 3.63) is 52.4 Å². The maximum absolute atomic E-state index is 11.5. The van der Waals surface area contributed by atoms with E-state index in [0.717, 1.165) is 5.39 Å². The summed E-state index contributed by atoms with van der Waals surface area (Å²) < 4.78 is 21.8. The first-order chi connectivity index (χ1) is 12.5. The molecule has 2 aliphatic rings. The monoisotopic (exact) mass is 358 g/mol. The number of epoxide rings is 1. The third kappa shape index (κ3) is 3.23. The first-order valence-electron chi connectivity index (χ1n) is 8.34. The third-order valence-electron chi connectivity index (χ3n) is 4.72.